The number of para-hydroxylation sites is 2. The summed E-state index contributed by atoms with van der Waals surface area (Å²) < 4.78 is 11.4. The van der Waals surface area contributed by atoms with Crippen LogP contribution in [0.1, 0.15) is 11.5 Å². The molecule has 1 atom stereocenters. The van der Waals surface area contributed by atoms with Gasteiger partial charge in [-0.25, -0.2) is 0 Å². The molecule has 18 heavy (non-hydrogen) atoms. The van der Waals surface area contributed by atoms with E-state index in [9.17, 15) is 0 Å². The molecule has 0 saturated heterocycles. The van der Waals surface area contributed by atoms with Gasteiger partial charge in [-0.05, 0) is 18.2 Å². The van der Waals surface area contributed by atoms with E-state index in [1.54, 1.807) is 0 Å². The number of fused-ring (bicyclic) bond motifs is 1. The lowest BCUT2D eigenvalue weighted by Crippen LogP contribution is -2.11. The van der Waals surface area contributed by atoms with Crippen molar-refractivity contribution in [3.05, 3.63) is 59.1 Å². The molecule has 1 aliphatic heterocycles. The predicted molar refractivity (Wildman–Crippen MR) is 71.6 cm³/mol. The molecule has 0 spiro atoms. The molecular weight excluding hydrogens is 248 g/mol. The van der Waals surface area contributed by atoms with Gasteiger partial charge in [-0.3, -0.25) is 0 Å². The Labute approximate surface area is 111 Å². The van der Waals surface area contributed by atoms with Gasteiger partial charge < -0.3 is 9.47 Å². The molecule has 2 aromatic carbocycles. The van der Waals surface area contributed by atoms with Crippen molar-refractivity contribution in [3.63, 3.8) is 0 Å². The highest BCUT2D eigenvalue weighted by Crippen LogP contribution is 2.34. The molecule has 1 aliphatic rings. The summed E-state index contributed by atoms with van der Waals surface area (Å²) in [6, 6.07) is 15.6. The zero-order chi connectivity index (χ0) is 12.4. The van der Waals surface area contributed by atoms with Gasteiger partial charge in [0.15, 0.2) is 0 Å². The Kier molecular flexibility index (Phi) is 3.11. The second-order valence-corrected chi connectivity index (χ2v) is 4.69. The molecule has 2 aromatic rings. The smallest absolute Gasteiger partial charge is 0.137 e. The number of benzene rings is 2. The maximum absolute atomic E-state index is 6.05. The topological polar surface area (TPSA) is 18.5 Å². The van der Waals surface area contributed by atoms with Crippen LogP contribution < -0.4 is 9.47 Å². The van der Waals surface area contributed by atoms with Crippen LogP contribution in [0, 0.1) is 0 Å². The van der Waals surface area contributed by atoms with Gasteiger partial charge in [0.25, 0.3) is 0 Å². The first-order chi connectivity index (χ1) is 8.84. The molecule has 0 bridgehead atoms. The molecule has 92 valence electrons. The summed E-state index contributed by atoms with van der Waals surface area (Å²) in [6.45, 7) is 1.25. The first-order valence-corrected chi connectivity index (χ1v) is 6.31. The molecule has 0 amide bonds. The number of hydrogen-bond acceptors (Lipinski definition) is 2. The Morgan fingerprint density at radius 3 is 2.78 bits per heavy atom. The number of rotatable bonds is 3. The Morgan fingerprint density at radius 1 is 1.11 bits per heavy atom. The van der Waals surface area contributed by atoms with E-state index in [0.717, 1.165) is 11.5 Å². The third-order valence-electron chi connectivity index (χ3n) is 3.08. The molecule has 1 heterocycles. The third kappa shape index (κ3) is 2.16. The van der Waals surface area contributed by atoms with Crippen molar-refractivity contribution in [2.45, 2.75) is 5.92 Å². The van der Waals surface area contributed by atoms with Crippen LogP contribution in [0.3, 0.4) is 0 Å². The Hall–Kier alpha value is -1.67. The van der Waals surface area contributed by atoms with Gasteiger partial charge in [-0.1, -0.05) is 41.9 Å². The maximum Gasteiger partial charge on any atom is 0.137 e. The summed E-state index contributed by atoms with van der Waals surface area (Å²) in [5.41, 5.74) is 1.21. The molecule has 0 aliphatic carbocycles. The monoisotopic (exact) mass is 260 g/mol. The summed E-state index contributed by atoms with van der Waals surface area (Å²) in [5.74, 6) is 1.96. The summed E-state index contributed by atoms with van der Waals surface area (Å²) in [6.07, 6.45) is 0. The van der Waals surface area contributed by atoms with Crippen LogP contribution in [0.4, 0.5) is 0 Å². The molecule has 2 nitrogen and oxygen atoms in total. The molecule has 0 N–H and O–H groups in total. The largest absolute Gasteiger partial charge is 0.493 e. The fourth-order valence-electron chi connectivity index (χ4n) is 2.12. The summed E-state index contributed by atoms with van der Waals surface area (Å²) in [4.78, 5) is 0. The Morgan fingerprint density at radius 2 is 1.89 bits per heavy atom. The van der Waals surface area contributed by atoms with E-state index in [1.165, 1.54) is 5.56 Å². The predicted octanol–water partition coefficient (Wildman–Crippen LogP) is 3.90. The van der Waals surface area contributed by atoms with E-state index in [1.807, 2.05) is 42.5 Å². The fraction of sp³-hybridized carbons (Fsp3) is 0.200. The Balaban J connectivity index is 1.71. The number of halogens is 1. The molecule has 0 saturated carbocycles. The van der Waals surface area contributed by atoms with E-state index in [4.69, 9.17) is 21.1 Å². The second-order valence-electron chi connectivity index (χ2n) is 4.29. The lowest BCUT2D eigenvalue weighted by atomic mass is 10.0. The zero-order valence-corrected chi connectivity index (χ0v) is 10.6. The number of ether oxygens (including phenoxy) is 2. The normalized spacial score (nSPS) is 17.1. The van der Waals surface area contributed by atoms with Crippen molar-refractivity contribution in [1.29, 1.82) is 0 Å². The molecule has 0 radical (unpaired) electrons. The van der Waals surface area contributed by atoms with Crippen molar-refractivity contribution in [2.75, 3.05) is 13.2 Å². The van der Waals surface area contributed by atoms with Crippen LogP contribution in [-0.2, 0) is 0 Å². The molecule has 1 unspecified atom stereocenters. The van der Waals surface area contributed by atoms with Gasteiger partial charge >= 0.3 is 0 Å². The lowest BCUT2D eigenvalue weighted by molar-refractivity contribution is 0.248. The highest BCUT2D eigenvalue weighted by molar-refractivity contribution is 6.32. The molecular formula is C15H13ClO2. The molecule has 3 rings (SSSR count). The van der Waals surface area contributed by atoms with Crippen molar-refractivity contribution < 1.29 is 9.47 Å². The lowest BCUT2D eigenvalue weighted by Gasteiger charge is -2.12. The SMILES string of the molecule is Clc1ccccc1OCC1COc2ccccc21. The Bertz CT molecular complexity index is 554. The van der Waals surface area contributed by atoms with Gasteiger partial charge in [0, 0.05) is 5.56 Å². The zero-order valence-electron chi connectivity index (χ0n) is 9.80. The minimum absolute atomic E-state index is 0.275. The van der Waals surface area contributed by atoms with Crippen LogP contribution >= 0.6 is 11.6 Å². The highest BCUT2D eigenvalue weighted by atomic mass is 35.5. The van der Waals surface area contributed by atoms with Crippen LogP contribution in [-0.4, -0.2) is 13.2 Å². The van der Waals surface area contributed by atoms with Crippen molar-refractivity contribution >= 4 is 11.6 Å². The van der Waals surface area contributed by atoms with Crippen LogP contribution in [0.25, 0.3) is 0 Å². The van der Waals surface area contributed by atoms with Crippen molar-refractivity contribution in [1.82, 2.24) is 0 Å². The minimum atomic E-state index is 0.275. The summed E-state index contributed by atoms with van der Waals surface area (Å²) in [5, 5.41) is 0.643. The molecule has 0 fully saturated rings. The van der Waals surface area contributed by atoms with E-state index < -0.39 is 0 Å². The van der Waals surface area contributed by atoms with E-state index >= 15 is 0 Å². The molecule has 0 aromatic heterocycles. The first kappa shape index (κ1) is 11.4. The maximum atomic E-state index is 6.05. The van der Waals surface area contributed by atoms with E-state index in [2.05, 4.69) is 6.07 Å². The van der Waals surface area contributed by atoms with Crippen molar-refractivity contribution in [2.24, 2.45) is 0 Å². The second kappa shape index (κ2) is 4.91. The van der Waals surface area contributed by atoms with Gasteiger partial charge in [0.2, 0.25) is 0 Å². The van der Waals surface area contributed by atoms with Gasteiger partial charge in [-0.15, -0.1) is 0 Å². The first-order valence-electron chi connectivity index (χ1n) is 5.93. The van der Waals surface area contributed by atoms with Crippen LogP contribution in [0.2, 0.25) is 5.02 Å². The highest BCUT2D eigenvalue weighted by Gasteiger charge is 2.24. The molecule has 3 heteroatoms. The van der Waals surface area contributed by atoms with Crippen LogP contribution in [0.15, 0.2) is 48.5 Å². The summed E-state index contributed by atoms with van der Waals surface area (Å²) in [7, 11) is 0. The van der Waals surface area contributed by atoms with E-state index in [-0.39, 0.29) is 5.92 Å². The van der Waals surface area contributed by atoms with Crippen molar-refractivity contribution in [3.8, 4) is 11.5 Å². The van der Waals surface area contributed by atoms with Gasteiger partial charge in [0.1, 0.15) is 11.5 Å². The summed E-state index contributed by atoms with van der Waals surface area (Å²) >= 11 is 6.05. The minimum Gasteiger partial charge on any atom is -0.493 e. The quantitative estimate of drug-likeness (QED) is 0.833. The van der Waals surface area contributed by atoms with Crippen LogP contribution in [0.5, 0.6) is 11.5 Å². The average Bonchev–Trinajstić information content (AvgIpc) is 2.81. The fourth-order valence-corrected chi connectivity index (χ4v) is 2.31. The van der Waals surface area contributed by atoms with E-state index in [0.29, 0.717) is 18.2 Å². The standard InChI is InChI=1S/C15H13ClO2/c16-13-6-2-4-8-15(13)18-10-11-9-17-14-7-3-1-5-12(11)14/h1-8,11H,9-10H2. The number of hydrogen-bond donors (Lipinski definition) is 0. The van der Waals surface area contributed by atoms with Gasteiger partial charge in [0.05, 0.1) is 24.2 Å². The third-order valence-corrected chi connectivity index (χ3v) is 3.39. The van der Waals surface area contributed by atoms with Gasteiger partial charge in [-0.2, -0.15) is 0 Å². The average molecular weight is 261 g/mol.